The van der Waals surface area contributed by atoms with Gasteiger partial charge in [0.15, 0.2) is 0 Å². The lowest BCUT2D eigenvalue weighted by Gasteiger charge is -2.32. The van der Waals surface area contributed by atoms with E-state index in [4.69, 9.17) is 0 Å². The summed E-state index contributed by atoms with van der Waals surface area (Å²) in [5.74, 6) is 0.872. The molecule has 0 spiro atoms. The molecule has 1 amide bonds. The average Bonchev–Trinajstić information content (AvgIpc) is 2.57. The van der Waals surface area contributed by atoms with Gasteiger partial charge in [0, 0.05) is 6.54 Å². The Kier molecular flexibility index (Phi) is 5.84. The smallest absolute Gasteiger partial charge is 0.241 e. The molecule has 0 radical (unpaired) electrons. The van der Waals surface area contributed by atoms with E-state index in [1.165, 1.54) is 0 Å². The van der Waals surface area contributed by atoms with Gasteiger partial charge in [-0.05, 0) is 30.6 Å². The summed E-state index contributed by atoms with van der Waals surface area (Å²) < 4.78 is 0. The van der Waals surface area contributed by atoms with E-state index in [0.717, 1.165) is 32.2 Å². The maximum atomic E-state index is 12.6. The van der Waals surface area contributed by atoms with Gasteiger partial charge in [0.1, 0.15) is 0 Å². The lowest BCUT2D eigenvalue weighted by molar-refractivity contribution is -0.131. The largest absolute Gasteiger partial charge is 0.325 e. The maximum absolute atomic E-state index is 12.6. The highest BCUT2D eigenvalue weighted by Gasteiger charge is 2.40. The van der Waals surface area contributed by atoms with E-state index in [1.54, 1.807) is 0 Å². The molecule has 1 fully saturated rings. The second-order valence-electron chi connectivity index (χ2n) is 7.14. The highest BCUT2D eigenvalue weighted by Crippen LogP contribution is 2.27. The fraction of sp³-hybridized carbons (Fsp3) is 0.938. The predicted octanol–water partition coefficient (Wildman–Crippen LogP) is 3.40. The number of nitrogens with one attached hydrogen (secondary N) is 1. The lowest BCUT2D eigenvalue weighted by atomic mass is 9.89. The summed E-state index contributed by atoms with van der Waals surface area (Å²) in [4.78, 5) is 14.7. The zero-order valence-electron chi connectivity index (χ0n) is 13.6. The molecular weight excluding hydrogens is 236 g/mol. The molecule has 2 atom stereocenters. The molecular formula is C16H32N2O. The first-order valence-corrected chi connectivity index (χ1v) is 7.87. The van der Waals surface area contributed by atoms with Gasteiger partial charge >= 0.3 is 0 Å². The Balaban J connectivity index is 2.77. The Labute approximate surface area is 119 Å². The molecule has 112 valence electrons. The standard InChI is InChI=1S/C16H32N2O/c1-7-9-14-17-13(10-12(3)4)15(19)18(14)11-16(5,6)8-2/h12-14,17H,7-11H2,1-6H3. The van der Waals surface area contributed by atoms with Crippen LogP contribution in [0.4, 0.5) is 0 Å². The van der Waals surface area contributed by atoms with Crippen molar-refractivity contribution in [1.29, 1.82) is 0 Å². The maximum Gasteiger partial charge on any atom is 0.241 e. The molecule has 1 saturated heterocycles. The van der Waals surface area contributed by atoms with E-state index in [2.05, 4.69) is 51.8 Å². The van der Waals surface area contributed by atoms with Crippen molar-refractivity contribution in [1.82, 2.24) is 10.2 Å². The zero-order valence-corrected chi connectivity index (χ0v) is 13.6. The van der Waals surface area contributed by atoms with Crippen molar-refractivity contribution in [2.75, 3.05) is 6.54 Å². The number of rotatable bonds is 7. The average molecular weight is 268 g/mol. The molecule has 2 unspecified atom stereocenters. The van der Waals surface area contributed by atoms with Gasteiger partial charge in [0.2, 0.25) is 5.91 Å². The van der Waals surface area contributed by atoms with E-state index in [1.807, 2.05) is 0 Å². The first-order chi connectivity index (χ1) is 8.80. The molecule has 0 saturated carbocycles. The minimum Gasteiger partial charge on any atom is -0.325 e. The summed E-state index contributed by atoms with van der Waals surface area (Å²) in [6, 6.07) is 0.0317. The summed E-state index contributed by atoms with van der Waals surface area (Å²) >= 11 is 0. The van der Waals surface area contributed by atoms with Crippen LogP contribution in [0.15, 0.2) is 0 Å². The number of carbonyl (C=O) groups excluding carboxylic acids is 1. The summed E-state index contributed by atoms with van der Waals surface area (Å²) in [6.07, 6.45) is 4.46. The molecule has 0 aromatic rings. The van der Waals surface area contributed by atoms with Crippen molar-refractivity contribution in [3.05, 3.63) is 0 Å². The van der Waals surface area contributed by atoms with E-state index in [9.17, 15) is 4.79 Å². The first-order valence-electron chi connectivity index (χ1n) is 7.87. The third-order valence-corrected chi connectivity index (χ3v) is 4.18. The van der Waals surface area contributed by atoms with Crippen molar-refractivity contribution in [2.24, 2.45) is 11.3 Å². The number of amides is 1. The molecule has 0 bridgehead atoms. The normalized spacial score (nSPS) is 24.6. The van der Waals surface area contributed by atoms with Gasteiger partial charge in [-0.2, -0.15) is 0 Å². The summed E-state index contributed by atoms with van der Waals surface area (Å²) in [5, 5.41) is 3.55. The van der Waals surface area contributed by atoms with Crippen LogP contribution in [0.5, 0.6) is 0 Å². The fourth-order valence-corrected chi connectivity index (χ4v) is 2.66. The summed E-state index contributed by atoms with van der Waals surface area (Å²) in [6.45, 7) is 14.1. The Bertz CT molecular complexity index is 299. The van der Waals surface area contributed by atoms with Gasteiger partial charge in [-0.3, -0.25) is 10.1 Å². The minimum absolute atomic E-state index is 0.0317. The molecule has 1 aliphatic rings. The van der Waals surface area contributed by atoms with Crippen LogP contribution in [0.3, 0.4) is 0 Å². The fourth-order valence-electron chi connectivity index (χ4n) is 2.66. The molecule has 3 nitrogen and oxygen atoms in total. The first kappa shape index (κ1) is 16.5. The van der Waals surface area contributed by atoms with Gasteiger partial charge in [-0.1, -0.05) is 48.0 Å². The van der Waals surface area contributed by atoms with Gasteiger partial charge in [0.05, 0.1) is 12.2 Å². The molecule has 1 N–H and O–H groups in total. The van der Waals surface area contributed by atoms with Crippen molar-refractivity contribution in [3.63, 3.8) is 0 Å². The number of hydrogen-bond acceptors (Lipinski definition) is 2. The number of nitrogens with zero attached hydrogens (tertiary/aromatic N) is 1. The van der Waals surface area contributed by atoms with Crippen LogP contribution in [0.2, 0.25) is 0 Å². The second-order valence-corrected chi connectivity index (χ2v) is 7.14. The van der Waals surface area contributed by atoms with Crippen LogP contribution < -0.4 is 5.32 Å². The van der Waals surface area contributed by atoms with E-state index in [-0.39, 0.29) is 17.6 Å². The number of hydrogen-bond donors (Lipinski definition) is 1. The molecule has 3 heteroatoms. The van der Waals surface area contributed by atoms with Gasteiger partial charge in [0.25, 0.3) is 0 Å². The Morgan fingerprint density at radius 2 is 1.95 bits per heavy atom. The van der Waals surface area contributed by atoms with Crippen LogP contribution in [0.1, 0.15) is 67.2 Å². The van der Waals surface area contributed by atoms with E-state index in [0.29, 0.717) is 11.8 Å². The molecule has 0 aromatic carbocycles. The highest BCUT2D eigenvalue weighted by atomic mass is 16.2. The zero-order chi connectivity index (χ0) is 14.6. The lowest BCUT2D eigenvalue weighted by Crippen LogP contribution is -2.42. The third-order valence-electron chi connectivity index (χ3n) is 4.18. The summed E-state index contributed by atoms with van der Waals surface area (Å²) in [5.41, 5.74) is 0.204. The van der Waals surface area contributed by atoms with Gasteiger partial charge in [-0.25, -0.2) is 0 Å². The topological polar surface area (TPSA) is 32.3 Å². The van der Waals surface area contributed by atoms with Crippen molar-refractivity contribution >= 4 is 5.91 Å². The molecule has 1 aliphatic heterocycles. The summed E-state index contributed by atoms with van der Waals surface area (Å²) in [7, 11) is 0. The molecule has 1 rings (SSSR count). The van der Waals surface area contributed by atoms with Gasteiger partial charge in [-0.15, -0.1) is 0 Å². The molecule has 0 aromatic heterocycles. The minimum atomic E-state index is 0.0317. The van der Waals surface area contributed by atoms with Crippen LogP contribution in [0, 0.1) is 11.3 Å². The Morgan fingerprint density at radius 1 is 1.32 bits per heavy atom. The van der Waals surface area contributed by atoms with Gasteiger partial charge < -0.3 is 4.90 Å². The third kappa shape index (κ3) is 4.48. The van der Waals surface area contributed by atoms with Crippen molar-refractivity contribution in [3.8, 4) is 0 Å². The quantitative estimate of drug-likeness (QED) is 0.767. The van der Waals surface area contributed by atoms with Crippen LogP contribution in [-0.2, 0) is 4.79 Å². The second kappa shape index (κ2) is 6.74. The van der Waals surface area contributed by atoms with Crippen molar-refractivity contribution in [2.45, 2.75) is 79.4 Å². The molecule has 0 aliphatic carbocycles. The van der Waals surface area contributed by atoms with Crippen LogP contribution >= 0.6 is 0 Å². The predicted molar refractivity (Wildman–Crippen MR) is 80.9 cm³/mol. The monoisotopic (exact) mass is 268 g/mol. The molecule has 19 heavy (non-hydrogen) atoms. The van der Waals surface area contributed by atoms with E-state index < -0.39 is 0 Å². The number of carbonyl (C=O) groups is 1. The van der Waals surface area contributed by atoms with E-state index >= 15 is 0 Å². The van der Waals surface area contributed by atoms with Crippen molar-refractivity contribution < 1.29 is 4.79 Å². The van der Waals surface area contributed by atoms with Crippen LogP contribution in [0.25, 0.3) is 0 Å². The Hall–Kier alpha value is -0.570. The van der Waals surface area contributed by atoms with Crippen LogP contribution in [-0.4, -0.2) is 29.6 Å². The Morgan fingerprint density at radius 3 is 2.42 bits per heavy atom. The highest BCUT2D eigenvalue weighted by molar-refractivity contribution is 5.84. The molecule has 1 heterocycles. The SMILES string of the molecule is CCCC1NC(CC(C)C)C(=O)N1CC(C)(C)CC.